The van der Waals surface area contributed by atoms with E-state index in [2.05, 4.69) is 0 Å². The van der Waals surface area contributed by atoms with Crippen LogP contribution < -0.4 is 9.47 Å². The average Bonchev–Trinajstić information content (AvgIpc) is 2.54. The van der Waals surface area contributed by atoms with E-state index in [1.165, 1.54) is 0 Å². The Hall–Kier alpha value is -2.49. The number of benzene rings is 2. The van der Waals surface area contributed by atoms with Crippen LogP contribution in [0.2, 0.25) is 0 Å². The van der Waals surface area contributed by atoms with E-state index >= 15 is 0 Å². The molecule has 0 fully saturated rings. The van der Waals surface area contributed by atoms with Crippen LogP contribution in [0.25, 0.3) is 0 Å². The molecule has 116 valence electrons. The maximum Gasteiger partial charge on any atom is 0.338 e. The number of esters is 1. The second-order valence-electron chi connectivity index (χ2n) is 4.62. The van der Waals surface area contributed by atoms with E-state index in [0.717, 1.165) is 5.56 Å². The van der Waals surface area contributed by atoms with Gasteiger partial charge in [-0.1, -0.05) is 30.3 Å². The smallest absolute Gasteiger partial charge is 0.338 e. The van der Waals surface area contributed by atoms with E-state index in [0.29, 0.717) is 30.3 Å². The van der Waals surface area contributed by atoms with Gasteiger partial charge >= 0.3 is 5.97 Å². The molecule has 0 aliphatic heterocycles. The molecule has 4 nitrogen and oxygen atoms in total. The molecule has 2 aromatic carbocycles. The third-order valence-corrected chi connectivity index (χ3v) is 2.95. The molecular weight excluding hydrogens is 280 g/mol. The molecule has 0 bridgehead atoms. The molecular formula is C18H20O4. The quantitative estimate of drug-likeness (QED) is 0.729. The molecule has 0 saturated carbocycles. The zero-order valence-corrected chi connectivity index (χ0v) is 12.9. The molecule has 0 saturated heterocycles. The van der Waals surface area contributed by atoms with Gasteiger partial charge in [-0.15, -0.1) is 0 Å². The van der Waals surface area contributed by atoms with Crippen molar-refractivity contribution in [3.05, 3.63) is 59.7 Å². The number of hydrogen-bond donors (Lipinski definition) is 0. The second-order valence-corrected chi connectivity index (χ2v) is 4.62. The van der Waals surface area contributed by atoms with Crippen LogP contribution in [0.3, 0.4) is 0 Å². The van der Waals surface area contributed by atoms with E-state index in [-0.39, 0.29) is 6.61 Å². The van der Waals surface area contributed by atoms with Crippen molar-refractivity contribution in [1.29, 1.82) is 0 Å². The maximum atomic E-state index is 12.2. The van der Waals surface area contributed by atoms with Crippen molar-refractivity contribution in [2.24, 2.45) is 0 Å². The summed E-state index contributed by atoms with van der Waals surface area (Å²) in [4.78, 5) is 12.2. The van der Waals surface area contributed by atoms with Gasteiger partial charge in [-0.25, -0.2) is 4.79 Å². The Morgan fingerprint density at radius 2 is 1.50 bits per heavy atom. The van der Waals surface area contributed by atoms with Gasteiger partial charge in [0.05, 0.1) is 18.8 Å². The third kappa shape index (κ3) is 4.52. The molecule has 0 heterocycles. The Kier molecular flexibility index (Phi) is 5.83. The fourth-order valence-corrected chi connectivity index (χ4v) is 2.00. The Morgan fingerprint density at radius 3 is 2.05 bits per heavy atom. The van der Waals surface area contributed by atoms with Gasteiger partial charge in [-0.2, -0.15) is 0 Å². The van der Waals surface area contributed by atoms with Crippen LogP contribution in [-0.4, -0.2) is 19.2 Å². The molecule has 0 radical (unpaired) electrons. The lowest BCUT2D eigenvalue weighted by atomic mass is 10.2. The van der Waals surface area contributed by atoms with Crippen molar-refractivity contribution < 1.29 is 19.0 Å². The summed E-state index contributed by atoms with van der Waals surface area (Å²) in [5.41, 5.74) is 1.37. The Labute approximate surface area is 130 Å². The summed E-state index contributed by atoms with van der Waals surface area (Å²) in [5, 5.41) is 0. The van der Waals surface area contributed by atoms with Crippen LogP contribution >= 0.6 is 0 Å². The largest absolute Gasteiger partial charge is 0.494 e. The Morgan fingerprint density at radius 1 is 0.909 bits per heavy atom. The van der Waals surface area contributed by atoms with Gasteiger partial charge in [0.2, 0.25) is 0 Å². The summed E-state index contributed by atoms with van der Waals surface area (Å²) in [6.07, 6.45) is 0. The zero-order chi connectivity index (χ0) is 15.8. The van der Waals surface area contributed by atoms with Crippen LogP contribution in [0.4, 0.5) is 0 Å². The zero-order valence-electron chi connectivity index (χ0n) is 12.9. The molecule has 0 spiro atoms. The lowest BCUT2D eigenvalue weighted by Gasteiger charge is -2.10. The van der Waals surface area contributed by atoms with Gasteiger partial charge in [0.1, 0.15) is 18.1 Å². The van der Waals surface area contributed by atoms with E-state index < -0.39 is 5.97 Å². The molecule has 0 aliphatic carbocycles. The number of hydrogen-bond acceptors (Lipinski definition) is 4. The minimum atomic E-state index is -0.397. The molecule has 0 aromatic heterocycles. The number of rotatable bonds is 7. The number of carbonyl (C=O) groups excluding carboxylic acids is 1. The van der Waals surface area contributed by atoms with E-state index in [9.17, 15) is 4.79 Å². The summed E-state index contributed by atoms with van der Waals surface area (Å²) in [7, 11) is 0. The molecule has 0 aliphatic rings. The first-order chi connectivity index (χ1) is 10.7. The van der Waals surface area contributed by atoms with Gasteiger partial charge in [-0.05, 0) is 31.5 Å². The van der Waals surface area contributed by atoms with Crippen molar-refractivity contribution in [3.8, 4) is 11.5 Å². The Balaban J connectivity index is 2.10. The standard InChI is InChI=1S/C18H20O4/c1-3-20-16-10-15(11-17(12-16)21-4-2)18(19)22-13-14-8-6-5-7-9-14/h5-12H,3-4,13H2,1-2H3. The monoisotopic (exact) mass is 300 g/mol. The highest BCUT2D eigenvalue weighted by molar-refractivity contribution is 5.90. The van der Waals surface area contributed by atoms with Crippen molar-refractivity contribution in [1.82, 2.24) is 0 Å². The van der Waals surface area contributed by atoms with Crippen molar-refractivity contribution in [2.75, 3.05) is 13.2 Å². The first kappa shape index (κ1) is 15.9. The van der Waals surface area contributed by atoms with Crippen molar-refractivity contribution in [2.45, 2.75) is 20.5 Å². The number of ether oxygens (including phenoxy) is 3. The van der Waals surface area contributed by atoms with Gasteiger partial charge in [0.25, 0.3) is 0 Å². The highest BCUT2D eigenvalue weighted by atomic mass is 16.5. The molecule has 22 heavy (non-hydrogen) atoms. The fourth-order valence-electron chi connectivity index (χ4n) is 2.00. The summed E-state index contributed by atoms with van der Waals surface area (Å²) < 4.78 is 16.2. The maximum absolute atomic E-state index is 12.2. The summed E-state index contributed by atoms with van der Waals surface area (Å²) in [6, 6.07) is 14.7. The molecule has 0 unspecified atom stereocenters. The second kappa shape index (κ2) is 8.08. The van der Waals surface area contributed by atoms with Gasteiger partial charge in [0, 0.05) is 6.07 Å². The average molecular weight is 300 g/mol. The first-order valence-electron chi connectivity index (χ1n) is 7.34. The fraction of sp³-hybridized carbons (Fsp3) is 0.278. The third-order valence-electron chi connectivity index (χ3n) is 2.95. The van der Waals surface area contributed by atoms with E-state index in [1.807, 2.05) is 44.2 Å². The minimum Gasteiger partial charge on any atom is -0.494 e. The number of carbonyl (C=O) groups is 1. The van der Waals surface area contributed by atoms with Crippen molar-refractivity contribution in [3.63, 3.8) is 0 Å². The van der Waals surface area contributed by atoms with Crippen LogP contribution in [0, 0.1) is 0 Å². The Bertz CT molecular complexity index is 583. The van der Waals surface area contributed by atoms with Crippen LogP contribution in [0.1, 0.15) is 29.8 Å². The van der Waals surface area contributed by atoms with E-state index in [4.69, 9.17) is 14.2 Å². The minimum absolute atomic E-state index is 0.239. The summed E-state index contributed by atoms with van der Waals surface area (Å²) >= 11 is 0. The van der Waals surface area contributed by atoms with Gasteiger partial charge in [0.15, 0.2) is 0 Å². The summed E-state index contributed by atoms with van der Waals surface area (Å²) in [5.74, 6) is 0.798. The lowest BCUT2D eigenvalue weighted by Crippen LogP contribution is -2.06. The molecule has 2 rings (SSSR count). The molecule has 2 aromatic rings. The highest BCUT2D eigenvalue weighted by Gasteiger charge is 2.12. The van der Waals surface area contributed by atoms with Crippen LogP contribution in [0.5, 0.6) is 11.5 Å². The highest BCUT2D eigenvalue weighted by Crippen LogP contribution is 2.24. The van der Waals surface area contributed by atoms with Crippen molar-refractivity contribution >= 4 is 5.97 Å². The predicted molar refractivity (Wildman–Crippen MR) is 84.3 cm³/mol. The SMILES string of the molecule is CCOc1cc(OCC)cc(C(=O)OCc2ccccc2)c1. The molecule has 4 heteroatoms. The predicted octanol–water partition coefficient (Wildman–Crippen LogP) is 3.84. The topological polar surface area (TPSA) is 44.8 Å². The van der Waals surface area contributed by atoms with Crippen LogP contribution in [0.15, 0.2) is 48.5 Å². The van der Waals surface area contributed by atoms with Gasteiger partial charge < -0.3 is 14.2 Å². The van der Waals surface area contributed by atoms with Gasteiger partial charge in [-0.3, -0.25) is 0 Å². The molecule has 0 amide bonds. The molecule has 0 N–H and O–H groups in total. The van der Waals surface area contributed by atoms with E-state index in [1.54, 1.807) is 18.2 Å². The molecule has 0 atom stereocenters. The first-order valence-corrected chi connectivity index (χ1v) is 7.34. The lowest BCUT2D eigenvalue weighted by molar-refractivity contribution is 0.0471. The normalized spacial score (nSPS) is 10.1. The van der Waals surface area contributed by atoms with Crippen LogP contribution in [-0.2, 0) is 11.3 Å². The summed E-state index contributed by atoms with van der Waals surface area (Å²) in [6.45, 7) is 5.06.